The second kappa shape index (κ2) is 10.8. The monoisotopic (exact) mass is 412 g/mol. The second-order valence-electron chi connectivity index (χ2n) is 8.01. The van der Waals surface area contributed by atoms with Crippen molar-refractivity contribution in [3.8, 4) is 5.75 Å². The Balaban J connectivity index is 1.37. The molecule has 0 aliphatic carbocycles. The summed E-state index contributed by atoms with van der Waals surface area (Å²) < 4.78 is 5.16. The minimum Gasteiger partial charge on any atom is -0.497 e. The third-order valence-corrected chi connectivity index (χ3v) is 5.32. The highest BCUT2D eigenvalue weighted by Gasteiger charge is 2.28. The number of nitrogens with one attached hydrogen (secondary N) is 4. The molecule has 1 aliphatic rings. The van der Waals surface area contributed by atoms with Gasteiger partial charge in [-0.15, -0.1) is 0 Å². The maximum Gasteiger partial charge on any atom is 0.279 e. The standard InChI is InChI=1S/C23H30N4O3/c1-26(16-22(28)24-19-9-6-10-21(13-19)30-2)17-23(29)25-20-11-12-27(15-20)14-18-7-4-3-5-8-18/h3-10,13,20H,11-12,14-17H2,1-2H3,(H,24,28)(H,25,29)/p+2/t20-/m1/s1. The third kappa shape index (κ3) is 6.86. The summed E-state index contributed by atoms with van der Waals surface area (Å²) in [5.74, 6) is 0.549. The lowest BCUT2D eigenvalue weighted by atomic mass is 10.2. The van der Waals surface area contributed by atoms with Crippen molar-refractivity contribution in [2.24, 2.45) is 0 Å². The van der Waals surface area contributed by atoms with Gasteiger partial charge in [0.2, 0.25) is 0 Å². The Kier molecular flexibility index (Phi) is 7.82. The number of likely N-dealkylation sites (N-methyl/N-ethyl adjacent to an activating group) is 1. The molecule has 30 heavy (non-hydrogen) atoms. The lowest BCUT2D eigenvalue weighted by Gasteiger charge is -2.16. The Morgan fingerprint density at radius 3 is 2.63 bits per heavy atom. The van der Waals surface area contributed by atoms with Gasteiger partial charge in [0.05, 0.1) is 33.3 Å². The van der Waals surface area contributed by atoms with Crippen LogP contribution in [0.3, 0.4) is 0 Å². The number of hydrogen-bond donors (Lipinski definition) is 4. The van der Waals surface area contributed by atoms with E-state index in [1.165, 1.54) is 10.5 Å². The molecule has 1 aliphatic heterocycles. The van der Waals surface area contributed by atoms with Crippen LogP contribution >= 0.6 is 0 Å². The van der Waals surface area contributed by atoms with Crippen LogP contribution in [0.4, 0.5) is 5.69 Å². The van der Waals surface area contributed by atoms with Gasteiger partial charge in [0.1, 0.15) is 12.3 Å². The van der Waals surface area contributed by atoms with Gasteiger partial charge in [0.15, 0.2) is 13.1 Å². The van der Waals surface area contributed by atoms with Crippen LogP contribution in [0.1, 0.15) is 12.0 Å². The van der Waals surface area contributed by atoms with E-state index in [-0.39, 0.29) is 30.9 Å². The summed E-state index contributed by atoms with van der Waals surface area (Å²) in [6.07, 6.45) is 0.989. The van der Waals surface area contributed by atoms with Gasteiger partial charge in [0, 0.05) is 23.7 Å². The number of quaternary nitrogens is 2. The molecule has 160 valence electrons. The molecule has 7 heteroatoms. The Morgan fingerprint density at radius 2 is 1.87 bits per heavy atom. The van der Waals surface area contributed by atoms with E-state index in [1.54, 1.807) is 13.2 Å². The molecule has 1 heterocycles. The maximum atomic E-state index is 12.4. The maximum absolute atomic E-state index is 12.4. The molecular formula is C23H32N4O3+2. The molecule has 2 amide bonds. The number of carbonyl (C=O) groups is 2. The molecule has 0 saturated carbocycles. The lowest BCUT2D eigenvalue weighted by molar-refractivity contribution is -0.901. The molecular weight excluding hydrogens is 380 g/mol. The zero-order valence-corrected chi connectivity index (χ0v) is 17.7. The van der Waals surface area contributed by atoms with Crippen molar-refractivity contribution in [2.75, 3.05) is 45.7 Å². The summed E-state index contributed by atoms with van der Waals surface area (Å²) in [7, 11) is 3.44. The van der Waals surface area contributed by atoms with Crippen molar-refractivity contribution >= 4 is 17.5 Å². The fourth-order valence-corrected chi connectivity index (χ4v) is 3.89. The van der Waals surface area contributed by atoms with Crippen molar-refractivity contribution in [3.63, 3.8) is 0 Å². The molecule has 1 saturated heterocycles. The minimum absolute atomic E-state index is 0.00681. The second-order valence-corrected chi connectivity index (χ2v) is 8.01. The SMILES string of the molecule is COc1cccc(NC(=O)C[NH+](C)CC(=O)N[C@@H]2CC[NH+](Cc3ccccc3)C2)c1. The number of hydrogen-bond acceptors (Lipinski definition) is 3. The number of anilines is 1. The van der Waals surface area contributed by atoms with Crippen molar-refractivity contribution in [3.05, 3.63) is 60.2 Å². The van der Waals surface area contributed by atoms with Gasteiger partial charge in [-0.05, 0) is 12.1 Å². The number of amides is 2. The van der Waals surface area contributed by atoms with Crippen molar-refractivity contribution in [1.29, 1.82) is 0 Å². The van der Waals surface area contributed by atoms with E-state index in [1.807, 2.05) is 31.3 Å². The average molecular weight is 413 g/mol. The molecule has 0 bridgehead atoms. The Labute approximate surface area is 178 Å². The minimum atomic E-state index is -0.132. The number of benzene rings is 2. The fourth-order valence-electron chi connectivity index (χ4n) is 3.89. The predicted molar refractivity (Wildman–Crippen MR) is 116 cm³/mol. The normalized spacial score (nSPS) is 19.1. The van der Waals surface area contributed by atoms with E-state index >= 15 is 0 Å². The summed E-state index contributed by atoms with van der Waals surface area (Å²) in [4.78, 5) is 27.0. The van der Waals surface area contributed by atoms with Gasteiger partial charge in [-0.3, -0.25) is 9.59 Å². The zero-order chi connectivity index (χ0) is 21.3. The molecule has 7 nitrogen and oxygen atoms in total. The average Bonchev–Trinajstić information content (AvgIpc) is 3.15. The van der Waals surface area contributed by atoms with Crippen LogP contribution in [-0.2, 0) is 16.1 Å². The van der Waals surface area contributed by atoms with E-state index in [4.69, 9.17) is 4.74 Å². The first-order valence-corrected chi connectivity index (χ1v) is 10.4. The number of rotatable bonds is 9. The number of ether oxygens (including phenoxy) is 1. The van der Waals surface area contributed by atoms with Crippen LogP contribution in [0.15, 0.2) is 54.6 Å². The summed E-state index contributed by atoms with van der Waals surface area (Å²) in [5, 5.41) is 5.98. The van der Waals surface area contributed by atoms with Gasteiger partial charge in [-0.2, -0.15) is 0 Å². The quantitative estimate of drug-likeness (QED) is 0.432. The zero-order valence-electron chi connectivity index (χ0n) is 17.7. The summed E-state index contributed by atoms with van der Waals surface area (Å²) in [6, 6.07) is 17.9. The van der Waals surface area contributed by atoms with Crippen LogP contribution in [0.25, 0.3) is 0 Å². The molecule has 0 aromatic heterocycles. The molecule has 2 aromatic carbocycles. The molecule has 3 rings (SSSR count). The smallest absolute Gasteiger partial charge is 0.279 e. The first-order valence-electron chi connectivity index (χ1n) is 10.4. The lowest BCUT2D eigenvalue weighted by Crippen LogP contribution is -3.11. The van der Waals surface area contributed by atoms with E-state index in [0.29, 0.717) is 11.4 Å². The fraction of sp³-hybridized carbons (Fsp3) is 0.391. The van der Waals surface area contributed by atoms with E-state index in [2.05, 4.69) is 34.9 Å². The predicted octanol–water partition coefficient (Wildman–Crippen LogP) is -0.878. The Bertz CT molecular complexity index is 843. The van der Waals surface area contributed by atoms with Crippen molar-refractivity contribution in [2.45, 2.75) is 19.0 Å². The Hall–Kier alpha value is -2.90. The summed E-state index contributed by atoms with van der Waals surface area (Å²) in [6.45, 7) is 3.49. The van der Waals surface area contributed by atoms with Crippen LogP contribution in [0.5, 0.6) is 5.75 Å². The number of carbonyl (C=O) groups excluding carboxylic acids is 2. The topological polar surface area (TPSA) is 76.3 Å². The molecule has 2 unspecified atom stereocenters. The number of likely N-dealkylation sites (tertiary alicyclic amines) is 1. The first kappa shape index (κ1) is 21.8. The van der Waals surface area contributed by atoms with Crippen LogP contribution < -0.4 is 25.2 Å². The van der Waals surface area contributed by atoms with Crippen molar-refractivity contribution < 1.29 is 24.1 Å². The molecule has 3 atom stereocenters. The first-order chi connectivity index (χ1) is 14.5. The highest BCUT2D eigenvalue weighted by molar-refractivity contribution is 5.91. The molecule has 0 spiro atoms. The molecule has 0 radical (unpaired) electrons. The summed E-state index contributed by atoms with van der Waals surface area (Å²) >= 11 is 0. The van der Waals surface area contributed by atoms with Crippen LogP contribution in [0, 0.1) is 0 Å². The van der Waals surface area contributed by atoms with Gasteiger partial charge in [-0.25, -0.2) is 0 Å². The molecule has 2 aromatic rings. The molecule has 4 N–H and O–H groups in total. The van der Waals surface area contributed by atoms with Gasteiger partial charge in [0.25, 0.3) is 11.8 Å². The van der Waals surface area contributed by atoms with E-state index < -0.39 is 0 Å². The van der Waals surface area contributed by atoms with Gasteiger partial charge >= 0.3 is 0 Å². The van der Waals surface area contributed by atoms with Gasteiger partial charge < -0.3 is 25.2 Å². The molecule has 1 fully saturated rings. The van der Waals surface area contributed by atoms with Crippen LogP contribution in [-0.4, -0.2) is 58.2 Å². The largest absolute Gasteiger partial charge is 0.497 e. The Morgan fingerprint density at radius 1 is 1.10 bits per heavy atom. The third-order valence-electron chi connectivity index (χ3n) is 5.32. The highest BCUT2D eigenvalue weighted by atomic mass is 16.5. The van der Waals surface area contributed by atoms with Crippen LogP contribution in [0.2, 0.25) is 0 Å². The highest BCUT2D eigenvalue weighted by Crippen LogP contribution is 2.16. The van der Waals surface area contributed by atoms with E-state index in [0.717, 1.165) is 31.0 Å². The van der Waals surface area contributed by atoms with Crippen molar-refractivity contribution in [1.82, 2.24) is 5.32 Å². The summed E-state index contributed by atoms with van der Waals surface area (Å²) in [5.41, 5.74) is 2.01. The van der Waals surface area contributed by atoms with E-state index in [9.17, 15) is 9.59 Å². The van der Waals surface area contributed by atoms with Gasteiger partial charge in [-0.1, -0.05) is 36.4 Å². The number of methoxy groups -OCH3 is 1.